The molecule has 100 valence electrons. The summed E-state index contributed by atoms with van der Waals surface area (Å²) in [6.45, 7) is 3.19. The summed E-state index contributed by atoms with van der Waals surface area (Å²) in [7, 11) is 0. The van der Waals surface area contributed by atoms with Crippen molar-refractivity contribution in [3.63, 3.8) is 0 Å². The van der Waals surface area contributed by atoms with Crippen LogP contribution in [-0.4, -0.2) is 10.3 Å². The summed E-state index contributed by atoms with van der Waals surface area (Å²) in [6, 6.07) is 11.1. The summed E-state index contributed by atoms with van der Waals surface area (Å²) in [5.41, 5.74) is 8.83. The van der Waals surface area contributed by atoms with E-state index in [2.05, 4.69) is 54.2 Å². The van der Waals surface area contributed by atoms with Crippen molar-refractivity contribution in [3.05, 3.63) is 53.9 Å². The van der Waals surface area contributed by atoms with Gasteiger partial charge in [-0.2, -0.15) is 0 Å². The van der Waals surface area contributed by atoms with Gasteiger partial charge in [0.2, 0.25) is 0 Å². The maximum absolute atomic E-state index is 6.07. The molecule has 0 saturated heterocycles. The van der Waals surface area contributed by atoms with Crippen LogP contribution in [0.4, 0.5) is 0 Å². The van der Waals surface area contributed by atoms with E-state index >= 15 is 0 Å². The Morgan fingerprint density at radius 1 is 1.37 bits per heavy atom. The Bertz CT molecular complexity index is 561. The molecule has 0 fully saturated rings. The number of thioether (sulfide) groups is 1. The predicted molar refractivity (Wildman–Crippen MR) is 81.6 cm³/mol. The van der Waals surface area contributed by atoms with Gasteiger partial charge in [-0.15, -0.1) is 11.8 Å². The summed E-state index contributed by atoms with van der Waals surface area (Å²) in [5.74, 6) is 1.81. The Balaban J connectivity index is 1.74. The van der Waals surface area contributed by atoms with Gasteiger partial charge in [-0.25, -0.2) is 0 Å². The molecule has 2 atom stereocenters. The number of hydrogen-bond donors (Lipinski definition) is 1. The van der Waals surface area contributed by atoms with E-state index < -0.39 is 0 Å². The van der Waals surface area contributed by atoms with Crippen LogP contribution in [0.2, 0.25) is 0 Å². The van der Waals surface area contributed by atoms with E-state index in [1.165, 1.54) is 21.8 Å². The third-order valence-electron chi connectivity index (χ3n) is 3.87. The van der Waals surface area contributed by atoms with E-state index in [0.717, 1.165) is 13.0 Å². The molecule has 2 heterocycles. The van der Waals surface area contributed by atoms with Gasteiger partial charge in [-0.1, -0.05) is 25.1 Å². The van der Waals surface area contributed by atoms with Crippen LogP contribution in [0.3, 0.4) is 0 Å². The van der Waals surface area contributed by atoms with E-state index in [1.54, 1.807) is 0 Å². The minimum absolute atomic E-state index is 0.173. The van der Waals surface area contributed by atoms with Gasteiger partial charge in [0.05, 0.1) is 0 Å². The quantitative estimate of drug-likeness (QED) is 0.918. The molecule has 1 aliphatic rings. The second-order valence-corrected chi connectivity index (χ2v) is 6.26. The summed E-state index contributed by atoms with van der Waals surface area (Å²) in [6.07, 6.45) is 5.36. The summed E-state index contributed by atoms with van der Waals surface area (Å²) < 4.78 is 2.29. The van der Waals surface area contributed by atoms with Gasteiger partial charge in [0.1, 0.15) is 0 Å². The minimum Gasteiger partial charge on any atom is -0.353 e. The number of fused-ring (bicyclic) bond motifs is 1. The molecule has 3 heteroatoms. The molecule has 0 bridgehead atoms. The molecule has 2 N–H and O–H groups in total. The lowest BCUT2D eigenvalue weighted by Gasteiger charge is -2.12. The van der Waals surface area contributed by atoms with Crippen LogP contribution >= 0.6 is 11.8 Å². The Kier molecular flexibility index (Phi) is 3.67. The van der Waals surface area contributed by atoms with Crippen LogP contribution in [-0.2, 0) is 6.54 Å². The zero-order valence-corrected chi connectivity index (χ0v) is 12.1. The molecule has 1 aromatic carbocycles. The van der Waals surface area contributed by atoms with Crippen LogP contribution in [0.25, 0.3) is 0 Å². The van der Waals surface area contributed by atoms with Crippen molar-refractivity contribution < 1.29 is 0 Å². The molecule has 2 unspecified atom stereocenters. The lowest BCUT2D eigenvalue weighted by molar-refractivity contribution is 0.603. The van der Waals surface area contributed by atoms with Gasteiger partial charge in [-0.3, -0.25) is 0 Å². The van der Waals surface area contributed by atoms with Crippen molar-refractivity contribution in [2.45, 2.75) is 36.7 Å². The van der Waals surface area contributed by atoms with Gasteiger partial charge in [-0.05, 0) is 29.7 Å². The van der Waals surface area contributed by atoms with E-state index in [1.807, 2.05) is 11.8 Å². The second-order valence-electron chi connectivity index (χ2n) is 5.20. The molecular formula is C16H20N2S. The zero-order chi connectivity index (χ0) is 13.2. The molecule has 1 aromatic heterocycles. The Morgan fingerprint density at radius 2 is 2.21 bits per heavy atom. The molecule has 0 spiro atoms. The first-order valence-electron chi connectivity index (χ1n) is 6.91. The third-order valence-corrected chi connectivity index (χ3v) is 5.12. The Labute approximate surface area is 119 Å². The highest BCUT2D eigenvalue weighted by molar-refractivity contribution is 7.99. The fraction of sp³-hybridized carbons (Fsp3) is 0.375. The van der Waals surface area contributed by atoms with Gasteiger partial charge >= 0.3 is 0 Å². The van der Waals surface area contributed by atoms with Crippen LogP contribution in [0.15, 0.2) is 47.6 Å². The van der Waals surface area contributed by atoms with Crippen LogP contribution < -0.4 is 5.73 Å². The molecule has 0 aliphatic carbocycles. The topological polar surface area (TPSA) is 30.9 Å². The van der Waals surface area contributed by atoms with Crippen molar-refractivity contribution >= 4 is 11.8 Å². The van der Waals surface area contributed by atoms with Crippen LogP contribution in [0.1, 0.15) is 36.4 Å². The molecule has 0 radical (unpaired) electrons. The number of aromatic nitrogens is 1. The Hall–Kier alpha value is -1.19. The maximum atomic E-state index is 6.07. The summed E-state index contributed by atoms with van der Waals surface area (Å²) >= 11 is 1.97. The van der Waals surface area contributed by atoms with Gasteiger partial charge in [0.25, 0.3) is 0 Å². The number of benzene rings is 1. The predicted octanol–water partition coefficient (Wildman–Crippen LogP) is 3.79. The Morgan fingerprint density at radius 3 is 3.05 bits per heavy atom. The minimum atomic E-state index is 0.173. The highest BCUT2D eigenvalue weighted by Crippen LogP contribution is 2.40. The first-order chi connectivity index (χ1) is 9.28. The number of nitrogens with zero attached hydrogens (tertiary/aromatic N) is 1. The van der Waals surface area contributed by atoms with Crippen molar-refractivity contribution in [1.82, 2.24) is 4.57 Å². The maximum Gasteiger partial charge on any atom is 0.0307 e. The molecule has 2 aromatic rings. The fourth-order valence-electron chi connectivity index (χ4n) is 2.66. The van der Waals surface area contributed by atoms with Crippen molar-refractivity contribution in [1.29, 1.82) is 0 Å². The van der Waals surface area contributed by atoms with Gasteiger partial charge in [0.15, 0.2) is 0 Å². The zero-order valence-electron chi connectivity index (χ0n) is 11.3. The second kappa shape index (κ2) is 5.43. The molecule has 0 saturated carbocycles. The molecule has 3 rings (SSSR count). The monoisotopic (exact) mass is 272 g/mol. The van der Waals surface area contributed by atoms with E-state index in [4.69, 9.17) is 5.73 Å². The normalized spacial score (nSPS) is 19.4. The van der Waals surface area contributed by atoms with E-state index in [0.29, 0.717) is 5.92 Å². The van der Waals surface area contributed by atoms with Crippen LogP contribution in [0, 0.1) is 0 Å². The molecule has 2 nitrogen and oxygen atoms in total. The average Bonchev–Trinajstić information content (AvgIpc) is 3.06. The van der Waals surface area contributed by atoms with Crippen molar-refractivity contribution in [2.24, 2.45) is 5.73 Å². The first kappa shape index (κ1) is 12.8. The lowest BCUT2D eigenvalue weighted by atomic mass is 10.0. The van der Waals surface area contributed by atoms with Crippen LogP contribution in [0.5, 0.6) is 0 Å². The smallest absolute Gasteiger partial charge is 0.0307 e. The molecular weight excluding hydrogens is 252 g/mol. The molecule has 19 heavy (non-hydrogen) atoms. The summed E-state index contributed by atoms with van der Waals surface area (Å²) in [5, 5.41) is 0. The largest absolute Gasteiger partial charge is 0.353 e. The van der Waals surface area contributed by atoms with Gasteiger partial charge in [0, 0.05) is 41.5 Å². The highest BCUT2D eigenvalue weighted by atomic mass is 32.2. The number of nitrogens with two attached hydrogens (primary N) is 1. The lowest BCUT2D eigenvalue weighted by Crippen LogP contribution is -2.09. The number of rotatable bonds is 4. The fourth-order valence-corrected chi connectivity index (χ4v) is 3.90. The van der Waals surface area contributed by atoms with Gasteiger partial charge < -0.3 is 10.3 Å². The van der Waals surface area contributed by atoms with E-state index in [9.17, 15) is 0 Å². The summed E-state index contributed by atoms with van der Waals surface area (Å²) in [4.78, 5) is 1.45. The standard InChI is InChI=1S/C16H20N2S/c1-2-15(17)12-7-8-18(9-12)10-13-11-19-16-6-4-3-5-14(13)16/h3-9,13,15H,2,10-11,17H2,1H3. The third kappa shape index (κ3) is 2.58. The first-order valence-corrected chi connectivity index (χ1v) is 7.89. The SMILES string of the molecule is CCC(N)c1ccn(CC2CSc3ccccc32)c1. The average molecular weight is 272 g/mol. The van der Waals surface area contributed by atoms with Crippen molar-refractivity contribution in [2.75, 3.05) is 5.75 Å². The highest BCUT2D eigenvalue weighted by Gasteiger charge is 2.22. The van der Waals surface area contributed by atoms with E-state index in [-0.39, 0.29) is 6.04 Å². The molecule has 0 amide bonds. The van der Waals surface area contributed by atoms with Crippen molar-refractivity contribution in [3.8, 4) is 0 Å². The number of hydrogen-bond acceptors (Lipinski definition) is 2. The molecule has 1 aliphatic heterocycles.